The minimum Gasteiger partial charge on any atom is -0.326 e. The van der Waals surface area contributed by atoms with Gasteiger partial charge in [-0.15, -0.1) is 0 Å². The molecule has 1 N–H and O–H groups in total. The van der Waals surface area contributed by atoms with Crippen LogP contribution in [0.25, 0.3) is 5.69 Å². The molecule has 0 saturated heterocycles. The van der Waals surface area contributed by atoms with E-state index in [9.17, 15) is 4.79 Å². The van der Waals surface area contributed by atoms with Gasteiger partial charge in [0, 0.05) is 30.7 Å². The molecule has 1 heterocycles. The molecule has 0 saturated carbocycles. The van der Waals surface area contributed by atoms with Gasteiger partial charge in [-0.05, 0) is 30.7 Å². The molecule has 1 amide bonds. The smallest absolute Gasteiger partial charge is 0.221 e. The molecule has 82 valence electrons. The van der Waals surface area contributed by atoms with Crippen molar-refractivity contribution in [3.63, 3.8) is 0 Å². The van der Waals surface area contributed by atoms with Gasteiger partial charge in [0.15, 0.2) is 0 Å². The molecule has 0 spiro atoms. The zero-order valence-electron chi connectivity index (χ0n) is 9.27. The van der Waals surface area contributed by atoms with Gasteiger partial charge in [0.05, 0.1) is 6.33 Å². The van der Waals surface area contributed by atoms with Crippen LogP contribution in [-0.4, -0.2) is 15.5 Å². The molecule has 0 radical (unpaired) electrons. The fraction of sp³-hybridized carbons (Fsp3) is 0.167. The third-order valence-corrected chi connectivity index (χ3v) is 2.30. The Labute approximate surface area is 93.9 Å². The van der Waals surface area contributed by atoms with Gasteiger partial charge in [-0.2, -0.15) is 0 Å². The lowest BCUT2D eigenvalue weighted by molar-refractivity contribution is -0.114. The number of amides is 1. The van der Waals surface area contributed by atoms with Crippen LogP contribution in [0.3, 0.4) is 0 Å². The molecule has 1 aromatic heterocycles. The Morgan fingerprint density at radius 2 is 2.25 bits per heavy atom. The number of benzene rings is 1. The van der Waals surface area contributed by atoms with E-state index in [1.165, 1.54) is 6.92 Å². The first kappa shape index (κ1) is 10.4. The number of aromatic nitrogens is 2. The number of aryl methyl sites for hydroxylation is 1. The zero-order chi connectivity index (χ0) is 11.5. The SMILES string of the molecule is CC(=O)Nc1ccc(-n2ccnc2)c(C)c1. The molecule has 0 atom stereocenters. The fourth-order valence-electron chi connectivity index (χ4n) is 1.63. The van der Waals surface area contributed by atoms with Crippen molar-refractivity contribution >= 4 is 11.6 Å². The van der Waals surface area contributed by atoms with Crippen LogP contribution >= 0.6 is 0 Å². The molecule has 2 rings (SSSR count). The van der Waals surface area contributed by atoms with Crippen molar-refractivity contribution < 1.29 is 4.79 Å². The zero-order valence-corrected chi connectivity index (χ0v) is 9.27. The predicted molar refractivity (Wildman–Crippen MR) is 62.6 cm³/mol. The van der Waals surface area contributed by atoms with Crippen LogP contribution < -0.4 is 5.32 Å². The van der Waals surface area contributed by atoms with E-state index in [1.807, 2.05) is 35.9 Å². The number of nitrogens with zero attached hydrogens (tertiary/aromatic N) is 2. The van der Waals surface area contributed by atoms with Gasteiger partial charge in [-0.1, -0.05) is 0 Å². The lowest BCUT2D eigenvalue weighted by atomic mass is 10.1. The minimum atomic E-state index is -0.0604. The first-order chi connectivity index (χ1) is 7.66. The first-order valence-corrected chi connectivity index (χ1v) is 5.03. The molecule has 0 aliphatic carbocycles. The molecule has 0 fully saturated rings. The standard InChI is InChI=1S/C12H13N3O/c1-9-7-11(14-10(2)16)3-4-12(9)15-6-5-13-8-15/h3-8H,1-2H3,(H,14,16). The number of carbonyl (C=O) groups excluding carboxylic acids is 1. The summed E-state index contributed by atoms with van der Waals surface area (Å²) in [6.45, 7) is 3.50. The van der Waals surface area contributed by atoms with Gasteiger partial charge < -0.3 is 9.88 Å². The van der Waals surface area contributed by atoms with Crippen LogP contribution in [0.2, 0.25) is 0 Å². The second-order valence-corrected chi connectivity index (χ2v) is 3.65. The lowest BCUT2D eigenvalue weighted by Gasteiger charge is -2.09. The Hall–Kier alpha value is -2.10. The number of imidazole rings is 1. The fourth-order valence-corrected chi connectivity index (χ4v) is 1.63. The third-order valence-electron chi connectivity index (χ3n) is 2.30. The maximum absolute atomic E-state index is 10.9. The molecule has 0 unspecified atom stereocenters. The Morgan fingerprint density at radius 3 is 2.81 bits per heavy atom. The van der Waals surface area contributed by atoms with E-state index < -0.39 is 0 Å². The molecule has 0 bridgehead atoms. The molecular formula is C12H13N3O. The van der Waals surface area contributed by atoms with E-state index in [-0.39, 0.29) is 5.91 Å². The summed E-state index contributed by atoms with van der Waals surface area (Å²) in [5, 5.41) is 2.75. The lowest BCUT2D eigenvalue weighted by Crippen LogP contribution is -2.06. The first-order valence-electron chi connectivity index (χ1n) is 5.03. The quantitative estimate of drug-likeness (QED) is 0.834. The summed E-state index contributed by atoms with van der Waals surface area (Å²) in [4.78, 5) is 14.9. The second kappa shape index (κ2) is 4.18. The molecule has 4 heteroatoms. The molecule has 16 heavy (non-hydrogen) atoms. The number of carbonyl (C=O) groups is 1. The van der Waals surface area contributed by atoms with Crippen molar-refractivity contribution in [2.45, 2.75) is 13.8 Å². The van der Waals surface area contributed by atoms with Gasteiger partial charge in [-0.3, -0.25) is 4.79 Å². The summed E-state index contributed by atoms with van der Waals surface area (Å²) in [6, 6.07) is 5.78. The Balaban J connectivity index is 2.34. The average Bonchev–Trinajstić information content (AvgIpc) is 2.69. The van der Waals surface area contributed by atoms with Crippen LogP contribution in [0.5, 0.6) is 0 Å². The number of hydrogen-bond acceptors (Lipinski definition) is 2. The average molecular weight is 215 g/mol. The van der Waals surface area contributed by atoms with Gasteiger partial charge in [-0.25, -0.2) is 4.98 Å². The number of nitrogens with one attached hydrogen (secondary N) is 1. The van der Waals surface area contributed by atoms with E-state index in [0.717, 1.165) is 16.9 Å². The van der Waals surface area contributed by atoms with Crippen molar-refractivity contribution in [2.24, 2.45) is 0 Å². The normalized spacial score (nSPS) is 10.1. The summed E-state index contributed by atoms with van der Waals surface area (Å²) >= 11 is 0. The van der Waals surface area contributed by atoms with E-state index in [2.05, 4.69) is 10.3 Å². The summed E-state index contributed by atoms with van der Waals surface area (Å²) in [5.74, 6) is -0.0604. The highest BCUT2D eigenvalue weighted by Crippen LogP contribution is 2.18. The summed E-state index contributed by atoms with van der Waals surface area (Å²) < 4.78 is 1.94. The van der Waals surface area contributed by atoms with Crippen LogP contribution in [0.4, 0.5) is 5.69 Å². The summed E-state index contributed by atoms with van der Waals surface area (Å²) in [6.07, 6.45) is 5.38. The van der Waals surface area contributed by atoms with Crippen molar-refractivity contribution in [3.8, 4) is 5.69 Å². The van der Waals surface area contributed by atoms with Gasteiger partial charge in [0.1, 0.15) is 0 Å². The highest BCUT2D eigenvalue weighted by Gasteiger charge is 2.02. The van der Waals surface area contributed by atoms with E-state index in [4.69, 9.17) is 0 Å². The van der Waals surface area contributed by atoms with Crippen LogP contribution in [-0.2, 0) is 4.79 Å². The monoisotopic (exact) mass is 215 g/mol. The topological polar surface area (TPSA) is 46.9 Å². The number of hydrogen-bond donors (Lipinski definition) is 1. The van der Waals surface area contributed by atoms with E-state index in [0.29, 0.717) is 0 Å². The predicted octanol–water partition coefficient (Wildman–Crippen LogP) is 2.14. The van der Waals surface area contributed by atoms with Crippen molar-refractivity contribution in [1.82, 2.24) is 9.55 Å². The minimum absolute atomic E-state index is 0.0604. The summed E-state index contributed by atoms with van der Waals surface area (Å²) in [5.41, 5.74) is 2.96. The molecular weight excluding hydrogens is 202 g/mol. The third kappa shape index (κ3) is 2.11. The van der Waals surface area contributed by atoms with Crippen molar-refractivity contribution in [2.75, 3.05) is 5.32 Å². The van der Waals surface area contributed by atoms with Gasteiger partial charge in [0.2, 0.25) is 5.91 Å². The summed E-state index contributed by atoms with van der Waals surface area (Å²) in [7, 11) is 0. The molecule has 1 aromatic carbocycles. The molecule has 4 nitrogen and oxygen atoms in total. The molecule has 2 aromatic rings. The van der Waals surface area contributed by atoms with Crippen molar-refractivity contribution in [3.05, 3.63) is 42.5 Å². The van der Waals surface area contributed by atoms with E-state index >= 15 is 0 Å². The highest BCUT2D eigenvalue weighted by molar-refractivity contribution is 5.88. The van der Waals surface area contributed by atoms with Crippen LogP contribution in [0.1, 0.15) is 12.5 Å². The largest absolute Gasteiger partial charge is 0.326 e. The van der Waals surface area contributed by atoms with Crippen LogP contribution in [0, 0.1) is 6.92 Å². The molecule has 0 aliphatic heterocycles. The molecule has 0 aliphatic rings. The highest BCUT2D eigenvalue weighted by atomic mass is 16.1. The Bertz CT molecular complexity index is 503. The Morgan fingerprint density at radius 1 is 1.44 bits per heavy atom. The number of rotatable bonds is 2. The van der Waals surface area contributed by atoms with Gasteiger partial charge in [0.25, 0.3) is 0 Å². The van der Waals surface area contributed by atoms with Crippen LogP contribution in [0.15, 0.2) is 36.9 Å². The van der Waals surface area contributed by atoms with Crippen molar-refractivity contribution in [1.29, 1.82) is 0 Å². The maximum atomic E-state index is 10.9. The second-order valence-electron chi connectivity index (χ2n) is 3.65. The maximum Gasteiger partial charge on any atom is 0.221 e. The van der Waals surface area contributed by atoms with Gasteiger partial charge >= 0.3 is 0 Å². The van der Waals surface area contributed by atoms with E-state index in [1.54, 1.807) is 12.5 Å². The number of anilines is 1. The Kier molecular flexibility index (Phi) is 2.72.